The van der Waals surface area contributed by atoms with Crippen LogP contribution in [-0.2, 0) is 14.2 Å². The van der Waals surface area contributed by atoms with Gasteiger partial charge in [0.15, 0.2) is 0 Å². The highest BCUT2D eigenvalue weighted by molar-refractivity contribution is 6.43. The highest BCUT2D eigenvalue weighted by Crippen LogP contribution is 2.50. The van der Waals surface area contributed by atoms with Crippen LogP contribution in [0.25, 0.3) is 16.8 Å². The third-order valence-corrected chi connectivity index (χ3v) is 8.51. The van der Waals surface area contributed by atoms with E-state index in [2.05, 4.69) is 13.0 Å². The molecule has 7 nitrogen and oxygen atoms in total. The lowest BCUT2D eigenvalue weighted by Crippen LogP contribution is -2.46. The summed E-state index contributed by atoms with van der Waals surface area (Å²) in [6.45, 7) is 4.26. The smallest absolute Gasteiger partial charge is 0.455 e. The largest absolute Gasteiger partial charge is 0.507 e. The number of hydrogen-bond acceptors (Lipinski definition) is 6. The van der Waals surface area contributed by atoms with Crippen molar-refractivity contribution in [2.75, 3.05) is 13.2 Å². The summed E-state index contributed by atoms with van der Waals surface area (Å²) in [6.07, 6.45) is 5.17. The molecule has 3 N–H and O–H groups in total. The molecule has 2 saturated heterocycles. The Morgan fingerprint density at radius 1 is 1.11 bits per heavy atom. The summed E-state index contributed by atoms with van der Waals surface area (Å²) >= 11 is 0. The second-order valence-corrected chi connectivity index (χ2v) is 10.7. The Labute approximate surface area is 223 Å². The first kappa shape index (κ1) is 26.7. The molecule has 0 saturated carbocycles. The van der Waals surface area contributed by atoms with Gasteiger partial charge in [-0.05, 0) is 72.5 Å². The van der Waals surface area contributed by atoms with Crippen LogP contribution in [-0.4, -0.2) is 58.3 Å². The summed E-state index contributed by atoms with van der Waals surface area (Å²) in [5, 5.41) is 33.0. The summed E-state index contributed by atoms with van der Waals surface area (Å²) in [5.74, 6) is -1.32. The molecule has 38 heavy (non-hydrogen) atoms. The maximum atomic E-state index is 13.3. The third-order valence-electron chi connectivity index (χ3n) is 8.51. The zero-order chi connectivity index (χ0) is 27.0. The highest BCUT2D eigenvalue weighted by atomic mass is 16.5. The first-order valence-corrected chi connectivity index (χ1v) is 13.8. The summed E-state index contributed by atoms with van der Waals surface area (Å²) in [7, 11) is -1.02. The van der Waals surface area contributed by atoms with Crippen molar-refractivity contribution in [1.82, 2.24) is 4.90 Å². The summed E-state index contributed by atoms with van der Waals surface area (Å²) in [5.41, 5.74) is 3.91. The number of aliphatic hydroxyl groups excluding tert-OH is 1. The lowest BCUT2D eigenvalue weighted by molar-refractivity contribution is -0.140. The molecule has 3 aliphatic rings. The van der Waals surface area contributed by atoms with Crippen molar-refractivity contribution in [2.45, 2.75) is 58.4 Å². The van der Waals surface area contributed by atoms with Gasteiger partial charge in [0.05, 0.1) is 24.5 Å². The van der Waals surface area contributed by atoms with Crippen molar-refractivity contribution in [2.24, 2.45) is 17.8 Å². The predicted octanol–water partition coefficient (Wildman–Crippen LogP) is 4.32. The predicted molar refractivity (Wildman–Crippen MR) is 147 cm³/mol. The lowest BCUT2D eigenvalue weighted by Gasteiger charge is -2.43. The van der Waals surface area contributed by atoms with Gasteiger partial charge in [0, 0.05) is 11.9 Å². The molecule has 2 amide bonds. The van der Waals surface area contributed by atoms with Crippen LogP contribution in [0.5, 0.6) is 5.75 Å². The second kappa shape index (κ2) is 11.0. The average molecular weight is 517 g/mol. The Bertz CT molecular complexity index is 1300. The van der Waals surface area contributed by atoms with E-state index in [0.29, 0.717) is 32.2 Å². The van der Waals surface area contributed by atoms with Gasteiger partial charge in [0.2, 0.25) is 11.8 Å². The molecule has 2 aromatic carbocycles. The summed E-state index contributed by atoms with van der Waals surface area (Å²) in [4.78, 5) is 27.8. The molecule has 2 fully saturated rings. The zero-order valence-corrected chi connectivity index (χ0v) is 22.1. The number of likely N-dealkylation sites (tertiary alicyclic amines) is 1. The quantitative estimate of drug-likeness (QED) is 0.274. The van der Waals surface area contributed by atoms with Crippen molar-refractivity contribution >= 4 is 35.8 Å². The average Bonchev–Trinajstić information content (AvgIpc) is 3.16. The first-order chi connectivity index (χ1) is 18.4. The van der Waals surface area contributed by atoms with Crippen LogP contribution in [0.4, 0.5) is 0 Å². The van der Waals surface area contributed by atoms with E-state index in [-0.39, 0.29) is 36.4 Å². The topological polar surface area (TPSA) is 107 Å². The van der Waals surface area contributed by atoms with Gasteiger partial charge in [-0.1, -0.05) is 55.8 Å². The maximum absolute atomic E-state index is 13.3. The van der Waals surface area contributed by atoms with E-state index < -0.39 is 25.1 Å². The number of carbonyl (C=O) groups is 2. The van der Waals surface area contributed by atoms with Gasteiger partial charge in [-0.25, -0.2) is 0 Å². The number of benzene rings is 2. The van der Waals surface area contributed by atoms with Crippen LogP contribution in [0.2, 0.25) is 6.32 Å². The Hall–Kier alpha value is -2.94. The van der Waals surface area contributed by atoms with E-state index >= 15 is 0 Å². The Morgan fingerprint density at radius 3 is 2.58 bits per heavy atom. The lowest BCUT2D eigenvalue weighted by atomic mass is 9.58. The highest BCUT2D eigenvalue weighted by Gasteiger charge is 2.56. The number of phenols is 1. The van der Waals surface area contributed by atoms with Gasteiger partial charge < -0.3 is 19.9 Å². The van der Waals surface area contributed by atoms with Gasteiger partial charge in [-0.2, -0.15) is 0 Å². The molecule has 1 aliphatic carbocycles. The van der Waals surface area contributed by atoms with Crippen molar-refractivity contribution in [1.29, 1.82) is 0 Å². The van der Waals surface area contributed by atoms with E-state index in [9.17, 15) is 24.8 Å². The minimum Gasteiger partial charge on any atom is -0.507 e. The molecular formula is C30H36BNO6. The first-order valence-electron chi connectivity index (χ1n) is 13.8. The van der Waals surface area contributed by atoms with Gasteiger partial charge in [-0.3, -0.25) is 14.5 Å². The van der Waals surface area contributed by atoms with Crippen LogP contribution in [0, 0.1) is 17.8 Å². The van der Waals surface area contributed by atoms with Crippen molar-refractivity contribution in [3.63, 3.8) is 0 Å². The molecule has 0 bridgehead atoms. The second-order valence-electron chi connectivity index (χ2n) is 10.7. The standard InChI is InChI=1S/C30H36BNO6/c1-3-13-32-29(35)23-15-20(17-33)27-24(28(23)30(32)36)16-31(37)38-26(27)12-9-18(4-2)14-19-10-11-25(34)22-8-6-5-7-21(19)22/h5-8,10-11,14,23-24,26,28,33-34,37H,3-4,9,12-13,15-17H2,1-2H3/b18-14+/t23-,24+,26-,28-/m1/s1. The number of aromatic hydroxyl groups is 1. The molecule has 0 unspecified atom stereocenters. The minimum atomic E-state index is -1.02. The number of hydrogen-bond donors (Lipinski definition) is 3. The number of amides is 2. The molecule has 2 aliphatic heterocycles. The van der Waals surface area contributed by atoms with E-state index in [1.807, 2.05) is 37.3 Å². The molecule has 8 heteroatoms. The van der Waals surface area contributed by atoms with Crippen LogP contribution in [0.1, 0.15) is 51.5 Å². The van der Waals surface area contributed by atoms with Crippen LogP contribution >= 0.6 is 0 Å². The van der Waals surface area contributed by atoms with Gasteiger partial charge in [0.25, 0.3) is 0 Å². The minimum absolute atomic E-state index is 0.150. The van der Waals surface area contributed by atoms with E-state index in [1.54, 1.807) is 6.07 Å². The van der Waals surface area contributed by atoms with Crippen molar-refractivity contribution in [3.8, 4) is 5.75 Å². The summed E-state index contributed by atoms with van der Waals surface area (Å²) in [6, 6.07) is 11.4. The number of imide groups is 1. The molecular weight excluding hydrogens is 481 g/mol. The van der Waals surface area contributed by atoms with Crippen LogP contribution < -0.4 is 0 Å². The third kappa shape index (κ3) is 4.70. The number of nitrogens with zero attached hydrogens (tertiary/aromatic N) is 1. The normalized spacial score (nSPS) is 25.8. The summed E-state index contributed by atoms with van der Waals surface area (Å²) < 4.78 is 6.02. The maximum Gasteiger partial charge on any atom is 0.455 e. The Kier molecular flexibility index (Phi) is 7.75. The fourth-order valence-electron chi connectivity index (χ4n) is 6.74. The van der Waals surface area contributed by atoms with E-state index in [1.165, 1.54) is 10.5 Å². The Balaban J connectivity index is 1.42. The Morgan fingerprint density at radius 2 is 1.87 bits per heavy atom. The SMILES string of the molecule is CCCN1C(=O)[C@@H]2[C@@H](CC(CO)=C3[C@@H](CC/C(=C/c4ccc(O)c5ccccc45)CC)OB(O)C[C@@H]32)C1=O. The van der Waals surface area contributed by atoms with E-state index in [0.717, 1.165) is 33.9 Å². The van der Waals surface area contributed by atoms with Gasteiger partial charge in [-0.15, -0.1) is 0 Å². The number of rotatable bonds is 8. The zero-order valence-electron chi connectivity index (χ0n) is 22.1. The number of fused-ring (bicyclic) bond motifs is 4. The van der Waals surface area contributed by atoms with Gasteiger partial charge >= 0.3 is 7.12 Å². The number of carbonyl (C=O) groups excluding carboxylic acids is 2. The van der Waals surface area contributed by atoms with E-state index in [4.69, 9.17) is 4.65 Å². The number of phenolic OH excluding ortho intramolecular Hbond substituents is 1. The molecule has 4 atom stereocenters. The molecule has 0 aromatic heterocycles. The molecule has 200 valence electrons. The molecule has 0 spiro atoms. The van der Waals surface area contributed by atoms with Crippen LogP contribution in [0.15, 0.2) is 53.1 Å². The fourth-order valence-corrected chi connectivity index (χ4v) is 6.74. The fraction of sp³-hybridized carbons (Fsp3) is 0.467. The van der Waals surface area contributed by atoms with Crippen LogP contribution in [0.3, 0.4) is 0 Å². The molecule has 0 radical (unpaired) electrons. The monoisotopic (exact) mass is 517 g/mol. The number of aliphatic hydroxyl groups is 1. The van der Waals surface area contributed by atoms with Gasteiger partial charge in [0.1, 0.15) is 5.75 Å². The molecule has 2 heterocycles. The van der Waals surface area contributed by atoms with Crippen molar-refractivity contribution < 1.29 is 29.5 Å². The number of allylic oxidation sites excluding steroid dienone is 1. The molecule has 2 aromatic rings. The van der Waals surface area contributed by atoms with Crippen molar-refractivity contribution in [3.05, 3.63) is 58.7 Å². The molecule has 5 rings (SSSR count).